The highest BCUT2D eigenvalue weighted by Crippen LogP contribution is 2.21. The van der Waals surface area contributed by atoms with Crippen molar-refractivity contribution < 1.29 is 9.21 Å². The van der Waals surface area contributed by atoms with Gasteiger partial charge in [-0.05, 0) is 42.5 Å². The molecule has 1 N–H and O–H groups in total. The molecule has 2 heterocycles. The van der Waals surface area contributed by atoms with Gasteiger partial charge >= 0.3 is 0 Å². The molecule has 0 radical (unpaired) electrons. The van der Waals surface area contributed by atoms with E-state index in [2.05, 4.69) is 10.3 Å². The standard InChI is InChI=1S/C21H16ClN3O3S/c22-14-8-9-17-18(11-14)24-21(25(20(17)27)12-16-7-4-10-28-16)29-13-19(26)23-15-5-2-1-3-6-15/h1-11H,12-13H2,(H,23,26). The van der Waals surface area contributed by atoms with Gasteiger partial charge in [-0.3, -0.25) is 14.2 Å². The lowest BCUT2D eigenvalue weighted by molar-refractivity contribution is -0.113. The molecule has 0 bridgehead atoms. The molecule has 4 rings (SSSR count). The topological polar surface area (TPSA) is 77.1 Å². The summed E-state index contributed by atoms with van der Waals surface area (Å²) in [7, 11) is 0. The summed E-state index contributed by atoms with van der Waals surface area (Å²) < 4.78 is 6.90. The van der Waals surface area contributed by atoms with Crippen molar-refractivity contribution >= 4 is 45.9 Å². The highest BCUT2D eigenvalue weighted by Gasteiger charge is 2.15. The van der Waals surface area contributed by atoms with Gasteiger partial charge in [-0.25, -0.2) is 4.98 Å². The highest BCUT2D eigenvalue weighted by atomic mass is 35.5. The lowest BCUT2D eigenvalue weighted by Gasteiger charge is -2.12. The fraction of sp³-hybridized carbons (Fsp3) is 0.0952. The van der Waals surface area contributed by atoms with Crippen molar-refractivity contribution in [2.45, 2.75) is 11.7 Å². The Morgan fingerprint density at radius 1 is 1.14 bits per heavy atom. The number of furan rings is 1. The van der Waals surface area contributed by atoms with Gasteiger partial charge in [-0.1, -0.05) is 41.6 Å². The number of thioether (sulfide) groups is 1. The number of rotatable bonds is 6. The Morgan fingerprint density at radius 3 is 2.72 bits per heavy atom. The van der Waals surface area contributed by atoms with Crippen LogP contribution in [0.25, 0.3) is 10.9 Å². The smallest absolute Gasteiger partial charge is 0.262 e. The van der Waals surface area contributed by atoms with Gasteiger partial charge in [0.2, 0.25) is 5.91 Å². The second kappa shape index (κ2) is 8.55. The number of fused-ring (bicyclic) bond motifs is 1. The molecule has 6 nitrogen and oxygen atoms in total. The highest BCUT2D eigenvalue weighted by molar-refractivity contribution is 7.99. The van der Waals surface area contributed by atoms with Crippen LogP contribution in [0.2, 0.25) is 5.02 Å². The zero-order valence-corrected chi connectivity index (χ0v) is 16.7. The van der Waals surface area contributed by atoms with E-state index in [0.717, 1.165) is 0 Å². The number of carbonyl (C=O) groups excluding carboxylic acids is 1. The molecule has 0 atom stereocenters. The number of hydrogen-bond acceptors (Lipinski definition) is 5. The van der Waals surface area contributed by atoms with Gasteiger partial charge in [0.1, 0.15) is 5.76 Å². The van der Waals surface area contributed by atoms with Crippen molar-refractivity contribution in [3.63, 3.8) is 0 Å². The summed E-state index contributed by atoms with van der Waals surface area (Å²) in [6.07, 6.45) is 1.55. The average Bonchev–Trinajstić information content (AvgIpc) is 3.22. The molecule has 0 aliphatic heterocycles. The van der Waals surface area contributed by atoms with E-state index >= 15 is 0 Å². The van der Waals surface area contributed by atoms with Gasteiger partial charge in [0.05, 0.1) is 29.5 Å². The fourth-order valence-corrected chi connectivity index (χ4v) is 3.80. The molecule has 0 saturated heterocycles. The second-order valence-corrected chi connectivity index (χ2v) is 7.61. The average molecular weight is 426 g/mol. The summed E-state index contributed by atoms with van der Waals surface area (Å²) in [5.41, 5.74) is 0.988. The van der Waals surface area contributed by atoms with E-state index in [1.165, 1.54) is 16.3 Å². The van der Waals surface area contributed by atoms with E-state index in [4.69, 9.17) is 16.0 Å². The van der Waals surface area contributed by atoms with E-state index < -0.39 is 0 Å². The fourth-order valence-electron chi connectivity index (χ4n) is 2.83. The van der Waals surface area contributed by atoms with Crippen LogP contribution >= 0.6 is 23.4 Å². The van der Waals surface area contributed by atoms with Crippen molar-refractivity contribution in [2.75, 3.05) is 11.1 Å². The third-order valence-corrected chi connectivity index (χ3v) is 5.38. The van der Waals surface area contributed by atoms with E-state index in [1.807, 2.05) is 30.3 Å². The molecule has 0 aliphatic rings. The number of amides is 1. The molecule has 146 valence electrons. The minimum absolute atomic E-state index is 0.103. The van der Waals surface area contributed by atoms with Gasteiger partial charge in [0, 0.05) is 10.7 Å². The van der Waals surface area contributed by atoms with Crippen LogP contribution in [0.3, 0.4) is 0 Å². The lowest BCUT2D eigenvalue weighted by atomic mass is 10.2. The first kappa shape index (κ1) is 19.3. The Hall–Kier alpha value is -3.03. The summed E-state index contributed by atoms with van der Waals surface area (Å²) >= 11 is 7.25. The zero-order valence-electron chi connectivity index (χ0n) is 15.2. The van der Waals surface area contributed by atoms with Gasteiger partial charge < -0.3 is 9.73 Å². The Kier molecular flexibility index (Phi) is 5.69. The van der Waals surface area contributed by atoms with Crippen molar-refractivity contribution in [3.8, 4) is 0 Å². The number of hydrogen-bond donors (Lipinski definition) is 1. The number of nitrogens with zero attached hydrogens (tertiary/aromatic N) is 2. The molecular weight excluding hydrogens is 410 g/mol. The second-order valence-electron chi connectivity index (χ2n) is 6.23. The number of carbonyl (C=O) groups is 1. The summed E-state index contributed by atoms with van der Waals surface area (Å²) in [5.74, 6) is 0.537. The third-order valence-electron chi connectivity index (χ3n) is 4.17. The first-order valence-electron chi connectivity index (χ1n) is 8.80. The van der Waals surface area contributed by atoms with Crippen molar-refractivity contribution in [3.05, 3.63) is 88.1 Å². The maximum Gasteiger partial charge on any atom is 0.262 e. The van der Waals surface area contributed by atoms with E-state index in [-0.39, 0.29) is 23.8 Å². The van der Waals surface area contributed by atoms with Gasteiger partial charge in [0.15, 0.2) is 5.16 Å². The van der Waals surface area contributed by atoms with Crippen LogP contribution in [0.4, 0.5) is 5.69 Å². The molecule has 2 aromatic carbocycles. The van der Waals surface area contributed by atoms with Crippen molar-refractivity contribution in [1.29, 1.82) is 0 Å². The SMILES string of the molecule is O=C(CSc1nc2cc(Cl)ccc2c(=O)n1Cc1ccco1)Nc1ccccc1. The molecule has 0 aliphatic carbocycles. The molecule has 29 heavy (non-hydrogen) atoms. The van der Waals surface area contributed by atoms with Crippen LogP contribution < -0.4 is 10.9 Å². The quantitative estimate of drug-likeness (QED) is 0.365. The number of benzene rings is 2. The zero-order chi connectivity index (χ0) is 20.2. The van der Waals surface area contributed by atoms with E-state index in [1.54, 1.807) is 36.6 Å². The number of para-hydroxylation sites is 1. The first-order valence-corrected chi connectivity index (χ1v) is 10.2. The third kappa shape index (κ3) is 4.52. The maximum atomic E-state index is 13.0. The van der Waals surface area contributed by atoms with E-state index in [9.17, 15) is 9.59 Å². The van der Waals surface area contributed by atoms with Crippen LogP contribution in [-0.4, -0.2) is 21.2 Å². The predicted molar refractivity (Wildman–Crippen MR) is 115 cm³/mol. The molecule has 0 fully saturated rings. The Bertz CT molecular complexity index is 1210. The molecule has 4 aromatic rings. The Morgan fingerprint density at radius 2 is 1.97 bits per heavy atom. The maximum absolute atomic E-state index is 13.0. The van der Waals surface area contributed by atoms with Crippen molar-refractivity contribution in [1.82, 2.24) is 9.55 Å². The molecule has 0 unspecified atom stereocenters. The number of nitrogens with one attached hydrogen (secondary N) is 1. The monoisotopic (exact) mass is 425 g/mol. The summed E-state index contributed by atoms with van der Waals surface area (Å²) in [6.45, 7) is 0.222. The van der Waals surface area contributed by atoms with Crippen LogP contribution in [0, 0.1) is 0 Å². The molecule has 8 heteroatoms. The molecule has 0 saturated carbocycles. The molecule has 2 aromatic heterocycles. The Labute approximate surface area is 175 Å². The molecule has 1 amide bonds. The molecule has 0 spiro atoms. The van der Waals surface area contributed by atoms with Crippen LogP contribution in [0.1, 0.15) is 5.76 Å². The van der Waals surface area contributed by atoms with Crippen LogP contribution in [0.5, 0.6) is 0 Å². The minimum Gasteiger partial charge on any atom is -0.467 e. The summed E-state index contributed by atoms with van der Waals surface area (Å²) in [6, 6.07) is 17.7. The Balaban J connectivity index is 1.64. The molecular formula is C21H16ClN3O3S. The number of aromatic nitrogens is 2. The number of halogens is 1. The van der Waals surface area contributed by atoms with Crippen LogP contribution in [0.15, 0.2) is 81.3 Å². The van der Waals surface area contributed by atoms with Gasteiger partial charge in [0.25, 0.3) is 5.56 Å². The minimum atomic E-state index is -0.214. The summed E-state index contributed by atoms with van der Waals surface area (Å²) in [5, 5.41) is 4.19. The van der Waals surface area contributed by atoms with Gasteiger partial charge in [-0.2, -0.15) is 0 Å². The van der Waals surface area contributed by atoms with Crippen molar-refractivity contribution in [2.24, 2.45) is 0 Å². The lowest BCUT2D eigenvalue weighted by Crippen LogP contribution is -2.24. The predicted octanol–water partition coefficient (Wildman–Crippen LogP) is 4.42. The normalized spacial score (nSPS) is 10.9. The first-order chi connectivity index (χ1) is 14.1. The van der Waals surface area contributed by atoms with Crippen LogP contribution in [-0.2, 0) is 11.3 Å². The number of anilines is 1. The summed E-state index contributed by atoms with van der Waals surface area (Å²) in [4.78, 5) is 30.0. The largest absolute Gasteiger partial charge is 0.467 e. The van der Waals surface area contributed by atoms with Gasteiger partial charge in [-0.15, -0.1) is 0 Å². The van der Waals surface area contributed by atoms with E-state index in [0.29, 0.717) is 32.5 Å².